The van der Waals surface area contributed by atoms with Crippen molar-refractivity contribution < 1.29 is 23.8 Å². The maximum absolute atomic E-state index is 12.3. The van der Waals surface area contributed by atoms with Crippen LogP contribution >= 0.6 is 0 Å². The van der Waals surface area contributed by atoms with Gasteiger partial charge >= 0.3 is 12.2 Å². The van der Waals surface area contributed by atoms with E-state index in [-0.39, 0.29) is 18.8 Å². The number of nitrogens with zero attached hydrogens (tertiary/aromatic N) is 2. The summed E-state index contributed by atoms with van der Waals surface area (Å²) in [5, 5.41) is 11.7. The Morgan fingerprint density at radius 3 is 2.08 bits per heavy atom. The molecule has 0 aliphatic carbocycles. The van der Waals surface area contributed by atoms with Gasteiger partial charge in [-0.05, 0) is 41.5 Å². The van der Waals surface area contributed by atoms with Gasteiger partial charge in [-0.15, -0.1) is 0 Å². The number of hydrogen-bond donors (Lipinski definition) is 1. The van der Waals surface area contributed by atoms with Crippen molar-refractivity contribution in [2.45, 2.75) is 52.7 Å². The molecule has 1 N–H and O–H groups in total. The van der Waals surface area contributed by atoms with Crippen LogP contribution in [0.1, 0.15) is 41.5 Å². The van der Waals surface area contributed by atoms with Crippen LogP contribution < -0.4 is 5.32 Å². The van der Waals surface area contributed by atoms with E-state index in [4.69, 9.17) is 14.2 Å². The SMILES string of the molecule is COC=C(C#N)N(CCNC(=O)OC(C)(C)C)C(=O)OC(C)(C)C. The lowest BCUT2D eigenvalue weighted by molar-refractivity contribution is 0.0304. The van der Waals surface area contributed by atoms with Crippen LogP contribution in [0, 0.1) is 11.3 Å². The van der Waals surface area contributed by atoms with Crippen molar-refractivity contribution in [3.63, 3.8) is 0 Å². The van der Waals surface area contributed by atoms with Crippen LogP contribution in [0.5, 0.6) is 0 Å². The minimum atomic E-state index is -0.721. The molecular formula is C16H27N3O5. The predicted molar refractivity (Wildman–Crippen MR) is 87.9 cm³/mol. The number of ether oxygens (including phenoxy) is 3. The number of carbonyl (C=O) groups excluding carboxylic acids is 2. The van der Waals surface area contributed by atoms with E-state index in [0.717, 1.165) is 11.2 Å². The Morgan fingerprint density at radius 2 is 1.67 bits per heavy atom. The first kappa shape index (κ1) is 21.6. The maximum atomic E-state index is 12.3. The minimum Gasteiger partial charge on any atom is -0.501 e. The fraction of sp³-hybridized carbons (Fsp3) is 0.688. The summed E-state index contributed by atoms with van der Waals surface area (Å²) in [5.74, 6) is 0. The van der Waals surface area contributed by atoms with Gasteiger partial charge < -0.3 is 19.5 Å². The molecule has 8 nitrogen and oxygen atoms in total. The van der Waals surface area contributed by atoms with Gasteiger partial charge in [-0.2, -0.15) is 5.26 Å². The van der Waals surface area contributed by atoms with Crippen molar-refractivity contribution in [1.29, 1.82) is 5.26 Å². The fourth-order valence-corrected chi connectivity index (χ4v) is 1.47. The molecule has 0 atom stereocenters. The smallest absolute Gasteiger partial charge is 0.415 e. The van der Waals surface area contributed by atoms with Gasteiger partial charge in [0.25, 0.3) is 0 Å². The van der Waals surface area contributed by atoms with Crippen molar-refractivity contribution in [2.24, 2.45) is 0 Å². The Hall–Kier alpha value is -2.43. The second-order valence-electron chi connectivity index (χ2n) is 6.91. The first-order valence-corrected chi connectivity index (χ1v) is 7.50. The topological polar surface area (TPSA) is 101 Å². The summed E-state index contributed by atoms with van der Waals surface area (Å²) in [6, 6.07) is 1.86. The van der Waals surface area contributed by atoms with Crippen LogP contribution in [-0.2, 0) is 14.2 Å². The highest BCUT2D eigenvalue weighted by Gasteiger charge is 2.25. The zero-order valence-corrected chi connectivity index (χ0v) is 15.4. The number of carbonyl (C=O) groups is 2. The Balaban J connectivity index is 4.91. The lowest BCUT2D eigenvalue weighted by Crippen LogP contribution is -2.42. The van der Waals surface area contributed by atoms with E-state index < -0.39 is 23.4 Å². The normalized spacial score (nSPS) is 12.0. The largest absolute Gasteiger partial charge is 0.501 e. The summed E-state index contributed by atoms with van der Waals surface area (Å²) in [6.45, 7) is 10.5. The second kappa shape index (κ2) is 9.01. The molecule has 0 unspecified atom stereocenters. The van der Waals surface area contributed by atoms with Gasteiger partial charge in [0.1, 0.15) is 23.5 Å². The van der Waals surface area contributed by atoms with Crippen LogP contribution in [0.4, 0.5) is 9.59 Å². The van der Waals surface area contributed by atoms with E-state index in [2.05, 4.69) is 5.32 Å². The summed E-state index contributed by atoms with van der Waals surface area (Å²) in [6.07, 6.45) is -0.184. The quantitative estimate of drug-likeness (QED) is 0.609. The summed E-state index contributed by atoms with van der Waals surface area (Å²) in [7, 11) is 1.36. The molecule has 0 saturated heterocycles. The van der Waals surface area contributed by atoms with E-state index in [0.29, 0.717) is 0 Å². The van der Waals surface area contributed by atoms with E-state index in [1.54, 1.807) is 41.5 Å². The molecule has 0 aromatic rings. The average molecular weight is 341 g/mol. The highest BCUT2D eigenvalue weighted by molar-refractivity contribution is 5.72. The number of nitrogens with one attached hydrogen (secondary N) is 1. The number of hydrogen-bond acceptors (Lipinski definition) is 6. The number of nitriles is 1. The van der Waals surface area contributed by atoms with Crippen LogP contribution in [0.25, 0.3) is 0 Å². The Labute approximate surface area is 143 Å². The highest BCUT2D eigenvalue weighted by Crippen LogP contribution is 2.13. The molecule has 0 heterocycles. The lowest BCUT2D eigenvalue weighted by Gasteiger charge is -2.27. The molecule has 0 saturated carbocycles. The molecular weight excluding hydrogens is 314 g/mol. The lowest BCUT2D eigenvalue weighted by atomic mass is 10.2. The Morgan fingerprint density at radius 1 is 1.12 bits per heavy atom. The number of rotatable bonds is 5. The summed E-state index contributed by atoms with van der Waals surface area (Å²) < 4.78 is 15.2. The Bertz CT molecular complexity index is 509. The van der Waals surface area contributed by atoms with Gasteiger partial charge in [0.2, 0.25) is 0 Å². The van der Waals surface area contributed by atoms with Crippen molar-refractivity contribution in [1.82, 2.24) is 10.2 Å². The molecule has 0 rings (SSSR count). The second-order valence-corrected chi connectivity index (χ2v) is 6.91. The van der Waals surface area contributed by atoms with Gasteiger partial charge in [0.05, 0.1) is 7.11 Å². The average Bonchev–Trinajstić information content (AvgIpc) is 2.37. The Kier molecular flexibility index (Phi) is 8.10. The van der Waals surface area contributed by atoms with E-state index >= 15 is 0 Å². The zero-order chi connectivity index (χ0) is 19.0. The molecule has 0 fully saturated rings. The third-order valence-electron chi connectivity index (χ3n) is 2.25. The molecule has 0 bridgehead atoms. The molecule has 0 aromatic heterocycles. The standard InChI is InChI=1S/C16H27N3O5/c1-15(2,3)23-13(20)18-8-9-19(12(10-17)11-22-7)14(21)24-16(4,5)6/h11H,8-9H2,1-7H3,(H,18,20). The highest BCUT2D eigenvalue weighted by atomic mass is 16.6. The number of methoxy groups -OCH3 is 1. The molecule has 0 radical (unpaired) electrons. The molecule has 0 aliphatic heterocycles. The van der Waals surface area contributed by atoms with E-state index in [1.165, 1.54) is 7.11 Å². The van der Waals surface area contributed by atoms with Gasteiger partial charge in [-0.1, -0.05) is 0 Å². The van der Waals surface area contributed by atoms with Crippen LogP contribution in [-0.4, -0.2) is 48.5 Å². The molecule has 136 valence electrons. The van der Waals surface area contributed by atoms with E-state index in [9.17, 15) is 14.9 Å². The molecule has 8 heteroatoms. The van der Waals surface area contributed by atoms with Crippen molar-refractivity contribution in [3.05, 3.63) is 12.0 Å². The summed E-state index contributed by atoms with van der Waals surface area (Å²) in [5.41, 5.74) is -1.37. The van der Waals surface area contributed by atoms with Crippen LogP contribution in [0.15, 0.2) is 12.0 Å². The minimum absolute atomic E-state index is 0.0247. The third kappa shape index (κ3) is 9.56. The predicted octanol–water partition coefficient (Wildman–Crippen LogP) is 2.76. The maximum Gasteiger partial charge on any atom is 0.415 e. The molecule has 2 amide bonds. The van der Waals surface area contributed by atoms with Crippen LogP contribution in [0.2, 0.25) is 0 Å². The van der Waals surface area contributed by atoms with E-state index in [1.807, 2.05) is 6.07 Å². The number of alkyl carbamates (subject to hydrolysis) is 1. The molecule has 0 spiro atoms. The first-order valence-electron chi connectivity index (χ1n) is 7.50. The fourth-order valence-electron chi connectivity index (χ4n) is 1.47. The molecule has 0 aliphatic rings. The zero-order valence-electron chi connectivity index (χ0n) is 15.4. The van der Waals surface area contributed by atoms with Crippen LogP contribution in [0.3, 0.4) is 0 Å². The number of amides is 2. The molecule has 24 heavy (non-hydrogen) atoms. The monoisotopic (exact) mass is 341 g/mol. The third-order valence-corrected chi connectivity index (χ3v) is 2.25. The van der Waals surface area contributed by atoms with Crippen molar-refractivity contribution >= 4 is 12.2 Å². The van der Waals surface area contributed by atoms with Gasteiger partial charge in [-0.25, -0.2) is 9.59 Å². The number of allylic oxidation sites excluding steroid dienone is 1. The summed E-state index contributed by atoms with van der Waals surface area (Å²) in [4.78, 5) is 25.0. The van der Waals surface area contributed by atoms with Gasteiger partial charge in [-0.3, -0.25) is 4.90 Å². The van der Waals surface area contributed by atoms with Crippen molar-refractivity contribution in [3.8, 4) is 6.07 Å². The molecule has 0 aromatic carbocycles. The van der Waals surface area contributed by atoms with Gasteiger partial charge in [0.15, 0.2) is 5.70 Å². The van der Waals surface area contributed by atoms with Gasteiger partial charge in [0, 0.05) is 13.1 Å². The van der Waals surface area contributed by atoms with Crippen molar-refractivity contribution in [2.75, 3.05) is 20.2 Å². The summed E-state index contributed by atoms with van der Waals surface area (Å²) >= 11 is 0. The first-order chi connectivity index (χ1) is 10.9.